The van der Waals surface area contributed by atoms with E-state index in [0.29, 0.717) is 13.1 Å². The summed E-state index contributed by atoms with van der Waals surface area (Å²) >= 11 is 0. The van der Waals surface area contributed by atoms with Crippen LogP contribution < -0.4 is 10.6 Å². The van der Waals surface area contributed by atoms with E-state index >= 15 is 0 Å². The first kappa shape index (κ1) is 12.2. The molecule has 0 radical (unpaired) electrons. The van der Waals surface area contributed by atoms with E-state index in [4.69, 9.17) is 0 Å². The molecule has 0 aromatic carbocycles. The Morgan fingerprint density at radius 1 is 1.38 bits per heavy atom. The zero-order valence-corrected chi connectivity index (χ0v) is 9.12. The van der Waals surface area contributed by atoms with E-state index in [9.17, 15) is 9.59 Å². The van der Waals surface area contributed by atoms with Crippen LogP contribution >= 0.6 is 0 Å². The van der Waals surface area contributed by atoms with Gasteiger partial charge in [-0.2, -0.15) is 15.4 Å². The van der Waals surface area contributed by atoms with Crippen LogP contribution in [0, 0.1) is 0 Å². The van der Waals surface area contributed by atoms with Gasteiger partial charge < -0.3 is 10.6 Å². The molecular formula is C9H15N5O2. The second-order valence-electron chi connectivity index (χ2n) is 3.21. The lowest BCUT2D eigenvalue weighted by atomic mass is 10.3. The summed E-state index contributed by atoms with van der Waals surface area (Å²) in [5, 5.41) is 14.7. The Balaban J connectivity index is 2.16. The van der Waals surface area contributed by atoms with Crippen molar-refractivity contribution >= 4 is 11.8 Å². The lowest BCUT2D eigenvalue weighted by molar-refractivity contribution is -0.120. The zero-order valence-electron chi connectivity index (χ0n) is 9.12. The smallest absolute Gasteiger partial charge is 0.273 e. The lowest BCUT2D eigenvalue weighted by Gasteiger charge is -2.04. The van der Waals surface area contributed by atoms with Gasteiger partial charge in [0.25, 0.3) is 5.91 Å². The molecule has 0 bridgehead atoms. The molecule has 0 aliphatic rings. The lowest BCUT2D eigenvalue weighted by Crippen LogP contribution is -2.31. The van der Waals surface area contributed by atoms with Crippen molar-refractivity contribution in [1.82, 2.24) is 26.0 Å². The predicted molar refractivity (Wildman–Crippen MR) is 56.6 cm³/mol. The number of rotatable bonds is 6. The molecule has 16 heavy (non-hydrogen) atoms. The number of carbonyl (C=O) groups is 2. The highest BCUT2D eigenvalue weighted by molar-refractivity contribution is 5.92. The minimum absolute atomic E-state index is 0.0673. The van der Waals surface area contributed by atoms with E-state index < -0.39 is 0 Å². The summed E-state index contributed by atoms with van der Waals surface area (Å²) in [4.78, 5) is 22.5. The Hall–Kier alpha value is -1.92. The number of hydrogen-bond donors (Lipinski definition) is 3. The largest absolute Gasteiger partial charge is 0.356 e. The van der Waals surface area contributed by atoms with Gasteiger partial charge in [-0.15, -0.1) is 0 Å². The van der Waals surface area contributed by atoms with Gasteiger partial charge in [0.15, 0.2) is 5.69 Å². The van der Waals surface area contributed by atoms with Crippen LogP contribution in [0.1, 0.15) is 30.3 Å². The number of H-pyrrole nitrogens is 1. The van der Waals surface area contributed by atoms with Crippen molar-refractivity contribution in [3.63, 3.8) is 0 Å². The average Bonchev–Trinajstić information content (AvgIpc) is 2.79. The van der Waals surface area contributed by atoms with E-state index in [1.807, 2.05) is 6.92 Å². The molecule has 1 aromatic rings. The van der Waals surface area contributed by atoms with Crippen molar-refractivity contribution in [3.8, 4) is 0 Å². The molecule has 0 aliphatic carbocycles. The van der Waals surface area contributed by atoms with Crippen molar-refractivity contribution in [2.75, 3.05) is 13.1 Å². The summed E-state index contributed by atoms with van der Waals surface area (Å²) in [5.74, 6) is -0.403. The second-order valence-corrected chi connectivity index (χ2v) is 3.21. The first-order chi connectivity index (χ1) is 7.74. The Morgan fingerprint density at radius 3 is 2.81 bits per heavy atom. The topological polar surface area (TPSA) is 99.8 Å². The number of carbonyl (C=O) groups excluding carboxylic acids is 2. The number of amides is 2. The fourth-order valence-corrected chi connectivity index (χ4v) is 1.04. The first-order valence-electron chi connectivity index (χ1n) is 5.14. The van der Waals surface area contributed by atoms with Gasteiger partial charge in [0.1, 0.15) is 0 Å². The van der Waals surface area contributed by atoms with Gasteiger partial charge in [-0.3, -0.25) is 9.59 Å². The van der Waals surface area contributed by atoms with Crippen LogP contribution in [-0.2, 0) is 4.79 Å². The molecule has 1 rings (SSSR count). The molecule has 7 nitrogen and oxygen atoms in total. The number of nitrogens with one attached hydrogen (secondary N) is 3. The van der Waals surface area contributed by atoms with Crippen LogP contribution in [0.4, 0.5) is 0 Å². The molecule has 0 fully saturated rings. The third-order valence-corrected chi connectivity index (χ3v) is 1.86. The molecule has 88 valence electrons. The molecule has 0 aliphatic heterocycles. The van der Waals surface area contributed by atoms with Crippen LogP contribution in [0.15, 0.2) is 6.20 Å². The molecular weight excluding hydrogens is 210 g/mol. The van der Waals surface area contributed by atoms with Crippen LogP contribution in [0.5, 0.6) is 0 Å². The van der Waals surface area contributed by atoms with Crippen molar-refractivity contribution < 1.29 is 9.59 Å². The van der Waals surface area contributed by atoms with Crippen LogP contribution in [0.25, 0.3) is 0 Å². The quantitative estimate of drug-likeness (QED) is 0.604. The van der Waals surface area contributed by atoms with Gasteiger partial charge in [-0.05, 0) is 6.42 Å². The predicted octanol–water partition coefficient (Wildman–Crippen LogP) is -0.549. The molecule has 7 heteroatoms. The molecule has 1 heterocycles. The Bertz CT molecular complexity index is 336. The number of hydrogen-bond acceptors (Lipinski definition) is 4. The molecule has 0 saturated carbocycles. The highest BCUT2D eigenvalue weighted by Gasteiger charge is 2.08. The normalized spacial score (nSPS) is 9.81. The summed E-state index contributed by atoms with van der Waals surface area (Å²) in [6, 6.07) is 0. The van der Waals surface area contributed by atoms with Gasteiger partial charge in [-0.1, -0.05) is 6.92 Å². The first-order valence-corrected chi connectivity index (χ1v) is 5.14. The maximum atomic E-state index is 11.3. The highest BCUT2D eigenvalue weighted by atomic mass is 16.2. The van der Waals surface area contributed by atoms with Crippen molar-refractivity contribution in [3.05, 3.63) is 11.9 Å². The van der Waals surface area contributed by atoms with E-state index in [1.165, 1.54) is 6.20 Å². The standard InChI is InChI=1S/C9H15N5O2/c1-2-4-10-8(15)3-5-11-9(16)7-6-12-14-13-7/h6H,2-5H2,1H3,(H,10,15)(H,11,16)(H,12,13,14). The van der Waals surface area contributed by atoms with Gasteiger partial charge in [0.05, 0.1) is 6.20 Å². The summed E-state index contributed by atoms with van der Waals surface area (Å²) in [6.07, 6.45) is 2.49. The van der Waals surface area contributed by atoms with Crippen molar-refractivity contribution in [2.24, 2.45) is 0 Å². The number of aromatic amines is 1. The Morgan fingerprint density at radius 2 is 2.19 bits per heavy atom. The van der Waals surface area contributed by atoms with Gasteiger partial charge in [0, 0.05) is 19.5 Å². The minimum atomic E-state index is -0.336. The average molecular weight is 225 g/mol. The molecule has 0 spiro atoms. The fourth-order valence-electron chi connectivity index (χ4n) is 1.04. The maximum Gasteiger partial charge on any atom is 0.273 e. The number of aromatic nitrogens is 3. The van der Waals surface area contributed by atoms with E-state index in [1.54, 1.807) is 0 Å². The number of nitrogens with zero attached hydrogens (tertiary/aromatic N) is 2. The second kappa shape index (κ2) is 6.54. The fraction of sp³-hybridized carbons (Fsp3) is 0.556. The van der Waals surface area contributed by atoms with Crippen LogP contribution in [0.3, 0.4) is 0 Å². The minimum Gasteiger partial charge on any atom is -0.356 e. The van der Waals surface area contributed by atoms with E-state index in [2.05, 4.69) is 26.0 Å². The molecule has 1 aromatic heterocycles. The molecule has 0 saturated heterocycles. The SMILES string of the molecule is CCCNC(=O)CCNC(=O)c1cn[nH]n1. The van der Waals surface area contributed by atoms with Crippen LogP contribution in [0.2, 0.25) is 0 Å². The third kappa shape index (κ3) is 4.07. The molecule has 0 atom stereocenters. The highest BCUT2D eigenvalue weighted by Crippen LogP contribution is 1.88. The zero-order chi connectivity index (χ0) is 11.8. The third-order valence-electron chi connectivity index (χ3n) is 1.86. The monoisotopic (exact) mass is 225 g/mol. The summed E-state index contributed by atoms with van der Waals surface area (Å²) < 4.78 is 0. The summed E-state index contributed by atoms with van der Waals surface area (Å²) in [7, 11) is 0. The maximum absolute atomic E-state index is 11.3. The van der Waals surface area contributed by atoms with Crippen molar-refractivity contribution in [2.45, 2.75) is 19.8 Å². The van der Waals surface area contributed by atoms with E-state index in [-0.39, 0.29) is 23.9 Å². The Labute approximate surface area is 93.0 Å². The molecule has 3 N–H and O–H groups in total. The summed E-state index contributed by atoms with van der Waals surface area (Å²) in [6.45, 7) is 2.93. The summed E-state index contributed by atoms with van der Waals surface area (Å²) in [5.41, 5.74) is 0.217. The van der Waals surface area contributed by atoms with Crippen molar-refractivity contribution in [1.29, 1.82) is 0 Å². The molecule has 0 unspecified atom stereocenters. The Kier molecular flexibility index (Phi) is 4.97. The molecule has 2 amide bonds. The van der Waals surface area contributed by atoms with Gasteiger partial charge in [-0.25, -0.2) is 0 Å². The van der Waals surface area contributed by atoms with Gasteiger partial charge in [0.2, 0.25) is 5.91 Å². The van der Waals surface area contributed by atoms with E-state index in [0.717, 1.165) is 6.42 Å². The van der Waals surface area contributed by atoms with Gasteiger partial charge >= 0.3 is 0 Å². The van der Waals surface area contributed by atoms with Crippen LogP contribution in [-0.4, -0.2) is 40.3 Å².